The largest absolute Gasteiger partial charge is 0.493 e. The van der Waals surface area contributed by atoms with Gasteiger partial charge in [-0.05, 0) is 47.7 Å². The maximum atomic E-state index is 12.1. The minimum absolute atomic E-state index is 0.00193. The van der Waals surface area contributed by atoms with Gasteiger partial charge in [-0.3, -0.25) is 4.79 Å². The van der Waals surface area contributed by atoms with Crippen LogP contribution in [-0.4, -0.2) is 20.1 Å². The van der Waals surface area contributed by atoms with Crippen molar-refractivity contribution >= 4 is 11.6 Å². The number of hydrogen-bond donors (Lipinski definition) is 1. The summed E-state index contributed by atoms with van der Waals surface area (Å²) in [4.78, 5) is 12.1. The van der Waals surface area contributed by atoms with E-state index in [1.807, 2.05) is 30.3 Å². The average molecular weight is 327 g/mol. The Morgan fingerprint density at radius 1 is 1.00 bits per heavy atom. The van der Waals surface area contributed by atoms with Crippen LogP contribution in [0.25, 0.3) is 0 Å². The van der Waals surface area contributed by atoms with Crippen LogP contribution in [0.3, 0.4) is 0 Å². The molecule has 2 aromatic rings. The van der Waals surface area contributed by atoms with Crippen LogP contribution >= 0.6 is 0 Å². The summed E-state index contributed by atoms with van der Waals surface area (Å²) in [7, 11) is 3.21. The van der Waals surface area contributed by atoms with Crippen molar-refractivity contribution in [1.29, 1.82) is 0 Å². The molecule has 0 unspecified atom stereocenters. The molecule has 4 nitrogen and oxygen atoms in total. The maximum Gasteiger partial charge on any atom is 0.224 e. The van der Waals surface area contributed by atoms with Crippen LogP contribution < -0.4 is 14.8 Å². The zero-order valence-corrected chi connectivity index (χ0v) is 14.8. The zero-order chi connectivity index (χ0) is 17.5. The van der Waals surface area contributed by atoms with Gasteiger partial charge in [-0.1, -0.05) is 32.0 Å². The quantitative estimate of drug-likeness (QED) is 0.820. The summed E-state index contributed by atoms with van der Waals surface area (Å²) in [5, 5.41) is 2.93. The fourth-order valence-corrected chi connectivity index (χ4v) is 2.47. The first kappa shape index (κ1) is 17.9. The first-order valence-electron chi connectivity index (χ1n) is 8.14. The number of benzene rings is 2. The molecule has 2 rings (SSSR count). The second-order valence-electron chi connectivity index (χ2n) is 6.01. The third kappa shape index (κ3) is 4.75. The molecule has 0 saturated heterocycles. The van der Waals surface area contributed by atoms with E-state index >= 15 is 0 Å². The van der Waals surface area contributed by atoms with E-state index in [1.165, 1.54) is 5.56 Å². The molecule has 0 atom stereocenters. The third-order valence-corrected chi connectivity index (χ3v) is 3.95. The third-order valence-electron chi connectivity index (χ3n) is 3.95. The van der Waals surface area contributed by atoms with Crippen LogP contribution in [0.4, 0.5) is 5.69 Å². The Balaban J connectivity index is 1.91. The van der Waals surface area contributed by atoms with Gasteiger partial charge in [-0.25, -0.2) is 0 Å². The number of anilines is 1. The molecule has 4 heteroatoms. The molecule has 2 aromatic carbocycles. The fourth-order valence-electron chi connectivity index (χ4n) is 2.47. The van der Waals surface area contributed by atoms with Crippen molar-refractivity contribution in [1.82, 2.24) is 0 Å². The molecule has 0 aromatic heterocycles. The topological polar surface area (TPSA) is 47.6 Å². The normalized spacial score (nSPS) is 10.5. The molecule has 128 valence electrons. The van der Waals surface area contributed by atoms with Crippen molar-refractivity contribution < 1.29 is 14.3 Å². The summed E-state index contributed by atoms with van der Waals surface area (Å²) in [5.41, 5.74) is 3.13. The Labute approximate surface area is 143 Å². The molecule has 1 N–H and O–H groups in total. The maximum absolute atomic E-state index is 12.1. The first-order valence-corrected chi connectivity index (χ1v) is 8.14. The van der Waals surface area contributed by atoms with Crippen LogP contribution in [0.1, 0.15) is 37.3 Å². The summed E-state index contributed by atoms with van der Waals surface area (Å²) >= 11 is 0. The fraction of sp³-hybridized carbons (Fsp3) is 0.350. The molecule has 0 radical (unpaired) electrons. The summed E-state index contributed by atoms with van der Waals surface area (Å²) in [6.45, 7) is 4.30. The summed E-state index contributed by atoms with van der Waals surface area (Å²) in [6.07, 6.45) is 1.07. The van der Waals surface area contributed by atoms with E-state index in [1.54, 1.807) is 14.2 Å². The van der Waals surface area contributed by atoms with E-state index in [2.05, 4.69) is 31.3 Å². The molecule has 0 aliphatic heterocycles. The van der Waals surface area contributed by atoms with Gasteiger partial charge in [0.1, 0.15) is 0 Å². The number of hydrogen-bond acceptors (Lipinski definition) is 3. The van der Waals surface area contributed by atoms with Crippen molar-refractivity contribution in [2.24, 2.45) is 0 Å². The van der Waals surface area contributed by atoms with E-state index in [4.69, 9.17) is 9.47 Å². The Kier molecular flexibility index (Phi) is 6.24. The second kappa shape index (κ2) is 8.39. The highest BCUT2D eigenvalue weighted by molar-refractivity contribution is 5.90. The molecule has 0 aliphatic carbocycles. The standard InChI is InChI=1S/C20H25NO3/c1-14(2)16-7-9-17(10-8-16)21-20(22)12-6-15-5-11-18(23-3)19(13-15)24-4/h5,7-11,13-14H,6,12H2,1-4H3,(H,21,22). The number of carbonyl (C=O) groups is 1. The van der Waals surface area contributed by atoms with Gasteiger partial charge >= 0.3 is 0 Å². The van der Waals surface area contributed by atoms with Crippen LogP contribution in [0.15, 0.2) is 42.5 Å². The van der Waals surface area contributed by atoms with E-state index in [-0.39, 0.29) is 5.91 Å². The summed E-state index contributed by atoms with van der Waals surface area (Å²) < 4.78 is 10.5. The first-order chi connectivity index (χ1) is 11.5. The minimum Gasteiger partial charge on any atom is -0.493 e. The van der Waals surface area contributed by atoms with Gasteiger partial charge in [0.15, 0.2) is 11.5 Å². The average Bonchev–Trinajstić information content (AvgIpc) is 2.60. The summed E-state index contributed by atoms with van der Waals surface area (Å²) in [5.74, 6) is 1.86. The lowest BCUT2D eigenvalue weighted by atomic mass is 10.0. The molecule has 0 fully saturated rings. The van der Waals surface area contributed by atoms with Gasteiger partial charge in [0.05, 0.1) is 14.2 Å². The predicted molar refractivity (Wildman–Crippen MR) is 97.0 cm³/mol. The Bertz CT molecular complexity index is 678. The van der Waals surface area contributed by atoms with E-state index in [0.29, 0.717) is 30.3 Å². The van der Waals surface area contributed by atoms with Gasteiger partial charge in [0, 0.05) is 12.1 Å². The molecule has 0 aliphatic rings. The lowest BCUT2D eigenvalue weighted by Crippen LogP contribution is -2.12. The van der Waals surface area contributed by atoms with Crippen LogP contribution in [0.2, 0.25) is 0 Å². The van der Waals surface area contributed by atoms with E-state index in [9.17, 15) is 4.79 Å². The number of carbonyl (C=O) groups excluding carboxylic acids is 1. The van der Waals surface area contributed by atoms with Crippen molar-refractivity contribution in [3.63, 3.8) is 0 Å². The Hall–Kier alpha value is -2.49. The number of rotatable bonds is 7. The van der Waals surface area contributed by atoms with Gasteiger partial charge in [-0.2, -0.15) is 0 Å². The van der Waals surface area contributed by atoms with Gasteiger partial charge < -0.3 is 14.8 Å². The molecule has 0 saturated carbocycles. The number of nitrogens with one attached hydrogen (secondary N) is 1. The Morgan fingerprint density at radius 3 is 2.25 bits per heavy atom. The minimum atomic E-state index is 0.00193. The monoisotopic (exact) mass is 327 g/mol. The van der Waals surface area contributed by atoms with Crippen molar-refractivity contribution in [3.8, 4) is 11.5 Å². The lowest BCUT2D eigenvalue weighted by molar-refractivity contribution is -0.116. The zero-order valence-electron chi connectivity index (χ0n) is 14.8. The van der Waals surface area contributed by atoms with Crippen molar-refractivity contribution in [3.05, 3.63) is 53.6 Å². The molecular formula is C20H25NO3. The van der Waals surface area contributed by atoms with Gasteiger partial charge in [0.2, 0.25) is 5.91 Å². The highest BCUT2D eigenvalue weighted by Crippen LogP contribution is 2.28. The van der Waals surface area contributed by atoms with E-state index in [0.717, 1.165) is 11.3 Å². The molecule has 0 bridgehead atoms. The van der Waals surface area contributed by atoms with Crippen LogP contribution in [-0.2, 0) is 11.2 Å². The molecule has 24 heavy (non-hydrogen) atoms. The number of aryl methyl sites for hydroxylation is 1. The SMILES string of the molecule is COc1ccc(CCC(=O)Nc2ccc(C(C)C)cc2)cc1OC. The summed E-state index contributed by atoms with van der Waals surface area (Å²) in [6, 6.07) is 13.7. The van der Waals surface area contributed by atoms with Gasteiger partial charge in [0.25, 0.3) is 0 Å². The molecule has 1 amide bonds. The van der Waals surface area contributed by atoms with Crippen molar-refractivity contribution in [2.75, 3.05) is 19.5 Å². The number of ether oxygens (including phenoxy) is 2. The van der Waals surface area contributed by atoms with Crippen LogP contribution in [0, 0.1) is 0 Å². The predicted octanol–water partition coefficient (Wildman–Crippen LogP) is 4.40. The highest BCUT2D eigenvalue weighted by Gasteiger charge is 2.08. The molecule has 0 spiro atoms. The van der Waals surface area contributed by atoms with E-state index < -0.39 is 0 Å². The molecular weight excluding hydrogens is 302 g/mol. The lowest BCUT2D eigenvalue weighted by Gasteiger charge is -2.10. The Morgan fingerprint density at radius 2 is 1.67 bits per heavy atom. The number of amides is 1. The second-order valence-corrected chi connectivity index (χ2v) is 6.01. The van der Waals surface area contributed by atoms with Gasteiger partial charge in [-0.15, -0.1) is 0 Å². The van der Waals surface area contributed by atoms with Crippen molar-refractivity contribution in [2.45, 2.75) is 32.6 Å². The highest BCUT2D eigenvalue weighted by atomic mass is 16.5. The molecule has 0 heterocycles. The van der Waals surface area contributed by atoms with Crippen LogP contribution in [0.5, 0.6) is 11.5 Å². The smallest absolute Gasteiger partial charge is 0.224 e. The number of methoxy groups -OCH3 is 2.